The van der Waals surface area contributed by atoms with Crippen molar-refractivity contribution in [1.82, 2.24) is 0 Å². The van der Waals surface area contributed by atoms with Gasteiger partial charge in [0.2, 0.25) is 5.82 Å². The van der Waals surface area contributed by atoms with Gasteiger partial charge in [-0.3, -0.25) is 4.79 Å². The van der Waals surface area contributed by atoms with Crippen LogP contribution in [-0.4, -0.2) is 11.9 Å². The van der Waals surface area contributed by atoms with Crippen molar-refractivity contribution < 1.29 is 18.3 Å². The molecule has 2 aromatic rings. The van der Waals surface area contributed by atoms with Crippen LogP contribution in [0.25, 0.3) is 17.0 Å². The van der Waals surface area contributed by atoms with E-state index in [-0.39, 0.29) is 29.0 Å². The maximum atomic E-state index is 14.7. The minimum absolute atomic E-state index is 0.0453. The Balaban J connectivity index is 2.07. The third-order valence-corrected chi connectivity index (χ3v) is 6.14. The third kappa shape index (κ3) is 3.30. The predicted octanol–water partition coefficient (Wildman–Crippen LogP) is 5.61. The van der Waals surface area contributed by atoms with Crippen molar-refractivity contribution in [2.24, 2.45) is 5.92 Å². The maximum absolute atomic E-state index is 14.7. The van der Waals surface area contributed by atoms with E-state index in [2.05, 4.69) is 13.8 Å². The molecule has 5 heteroatoms. The van der Waals surface area contributed by atoms with Gasteiger partial charge in [-0.25, -0.2) is 4.79 Å². The summed E-state index contributed by atoms with van der Waals surface area (Å²) in [5.74, 6) is -0.135. The molecule has 4 nitrogen and oxygen atoms in total. The lowest BCUT2D eigenvalue weighted by Gasteiger charge is -2.26. The molecule has 0 fully saturated rings. The Kier molecular flexibility index (Phi) is 5.32. The number of aryl methyl sites for hydroxylation is 1. The first-order valence-corrected chi connectivity index (χ1v) is 10.7. The summed E-state index contributed by atoms with van der Waals surface area (Å²) >= 11 is 0. The van der Waals surface area contributed by atoms with Gasteiger partial charge in [0.1, 0.15) is 11.9 Å². The molecule has 0 bridgehead atoms. The van der Waals surface area contributed by atoms with Crippen molar-refractivity contribution in [2.45, 2.75) is 71.8 Å². The molecule has 154 valence electrons. The highest BCUT2D eigenvalue weighted by molar-refractivity contribution is 6.11. The van der Waals surface area contributed by atoms with E-state index in [1.165, 1.54) is 0 Å². The highest BCUT2D eigenvalue weighted by Gasteiger charge is 2.33. The summed E-state index contributed by atoms with van der Waals surface area (Å²) < 4.78 is 26.5. The van der Waals surface area contributed by atoms with Crippen LogP contribution in [0.5, 0.6) is 5.75 Å². The zero-order chi connectivity index (χ0) is 20.7. The fraction of sp³-hybridized carbons (Fsp3) is 0.500. The SMILES string of the molecule is CCCCC1C=Cc2c3c(c4oc(=O)c(F)c(CC)c4c2O1)C(=O)CC(C)CC3. The first kappa shape index (κ1) is 19.9. The zero-order valence-electron chi connectivity index (χ0n) is 17.3. The van der Waals surface area contributed by atoms with Gasteiger partial charge in [-0.15, -0.1) is 0 Å². The number of fused-ring (bicyclic) bond motifs is 6. The Labute approximate surface area is 169 Å². The van der Waals surface area contributed by atoms with E-state index in [1.807, 2.05) is 12.2 Å². The van der Waals surface area contributed by atoms with E-state index in [4.69, 9.17) is 9.15 Å². The lowest BCUT2D eigenvalue weighted by molar-refractivity contribution is 0.0967. The normalized spacial score (nSPS) is 20.9. The molecule has 2 heterocycles. The Bertz CT molecular complexity index is 1060. The van der Waals surface area contributed by atoms with Crippen LogP contribution in [0.2, 0.25) is 0 Å². The van der Waals surface area contributed by atoms with Crippen molar-refractivity contribution >= 4 is 22.8 Å². The van der Waals surface area contributed by atoms with Gasteiger partial charge in [0.05, 0.1) is 10.9 Å². The molecule has 1 aliphatic carbocycles. The van der Waals surface area contributed by atoms with Crippen molar-refractivity contribution in [3.8, 4) is 5.75 Å². The summed E-state index contributed by atoms with van der Waals surface area (Å²) in [5.41, 5.74) is 1.59. The van der Waals surface area contributed by atoms with E-state index in [0.717, 1.165) is 36.8 Å². The van der Waals surface area contributed by atoms with Crippen LogP contribution < -0.4 is 10.4 Å². The molecule has 2 aliphatic rings. The van der Waals surface area contributed by atoms with Crippen LogP contribution in [0.15, 0.2) is 15.3 Å². The summed E-state index contributed by atoms with van der Waals surface area (Å²) in [6.45, 7) is 5.98. The van der Waals surface area contributed by atoms with Crippen molar-refractivity contribution in [3.05, 3.63) is 44.6 Å². The second-order valence-corrected chi connectivity index (χ2v) is 8.26. The van der Waals surface area contributed by atoms with Crippen molar-refractivity contribution in [1.29, 1.82) is 0 Å². The van der Waals surface area contributed by atoms with E-state index < -0.39 is 11.4 Å². The first-order valence-electron chi connectivity index (χ1n) is 10.7. The average molecular weight is 398 g/mol. The van der Waals surface area contributed by atoms with Gasteiger partial charge < -0.3 is 9.15 Å². The molecule has 1 aromatic heterocycles. The number of halogens is 1. The predicted molar refractivity (Wildman–Crippen MR) is 111 cm³/mol. The van der Waals surface area contributed by atoms with Gasteiger partial charge in [0, 0.05) is 17.5 Å². The number of carbonyl (C=O) groups excluding carboxylic acids is 1. The van der Waals surface area contributed by atoms with Gasteiger partial charge in [-0.2, -0.15) is 4.39 Å². The number of ketones is 1. The minimum atomic E-state index is -1.02. The lowest BCUT2D eigenvalue weighted by atomic mass is 9.89. The average Bonchev–Trinajstić information content (AvgIpc) is 2.85. The molecule has 2 atom stereocenters. The molecule has 0 spiro atoms. The van der Waals surface area contributed by atoms with Crippen LogP contribution >= 0.6 is 0 Å². The lowest BCUT2D eigenvalue weighted by Crippen LogP contribution is -2.20. The number of carbonyl (C=O) groups is 1. The number of benzene rings is 1. The minimum Gasteiger partial charge on any atom is -0.485 e. The first-order chi connectivity index (χ1) is 14.0. The number of hydrogen-bond acceptors (Lipinski definition) is 4. The highest BCUT2D eigenvalue weighted by Crippen LogP contribution is 2.44. The molecule has 0 amide bonds. The van der Waals surface area contributed by atoms with Crippen LogP contribution in [0.3, 0.4) is 0 Å². The molecular weight excluding hydrogens is 371 g/mol. The van der Waals surface area contributed by atoms with Gasteiger partial charge in [-0.05, 0) is 49.7 Å². The summed E-state index contributed by atoms with van der Waals surface area (Å²) in [4.78, 5) is 25.3. The third-order valence-electron chi connectivity index (χ3n) is 6.14. The van der Waals surface area contributed by atoms with Crippen LogP contribution in [-0.2, 0) is 12.8 Å². The molecule has 0 N–H and O–H groups in total. The number of Topliss-reactive ketones (excluding diaryl/α,β-unsaturated/α-hetero) is 1. The van der Waals surface area contributed by atoms with Crippen molar-refractivity contribution in [3.63, 3.8) is 0 Å². The second-order valence-electron chi connectivity index (χ2n) is 8.26. The molecule has 0 radical (unpaired) electrons. The molecule has 0 saturated heterocycles. The smallest absolute Gasteiger partial charge is 0.372 e. The Morgan fingerprint density at radius 2 is 2.03 bits per heavy atom. The Hall–Kier alpha value is -2.43. The van der Waals surface area contributed by atoms with E-state index in [0.29, 0.717) is 36.0 Å². The Morgan fingerprint density at radius 1 is 1.24 bits per heavy atom. The fourth-order valence-electron chi connectivity index (χ4n) is 4.57. The van der Waals surface area contributed by atoms with E-state index in [1.54, 1.807) is 6.92 Å². The van der Waals surface area contributed by atoms with Gasteiger partial charge in [0.15, 0.2) is 11.4 Å². The zero-order valence-corrected chi connectivity index (χ0v) is 17.3. The second kappa shape index (κ2) is 7.77. The van der Waals surface area contributed by atoms with Gasteiger partial charge in [-0.1, -0.05) is 33.3 Å². The van der Waals surface area contributed by atoms with Crippen LogP contribution in [0.1, 0.15) is 79.9 Å². The van der Waals surface area contributed by atoms with Crippen molar-refractivity contribution in [2.75, 3.05) is 0 Å². The highest BCUT2D eigenvalue weighted by atomic mass is 19.1. The molecule has 2 unspecified atom stereocenters. The van der Waals surface area contributed by atoms with Gasteiger partial charge >= 0.3 is 5.63 Å². The summed E-state index contributed by atoms with van der Waals surface area (Å²) in [6, 6.07) is 0. The monoisotopic (exact) mass is 398 g/mol. The number of ether oxygens (including phenoxy) is 1. The molecule has 29 heavy (non-hydrogen) atoms. The summed E-state index contributed by atoms with van der Waals surface area (Å²) in [6.07, 6.45) is 9.17. The molecule has 0 saturated carbocycles. The van der Waals surface area contributed by atoms with E-state index in [9.17, 15) is 14.0 Å². The Morgan fingerprint density at radius 3 is 2.76 bits per heavy atom. The molecule has 1 aliphatic heterocycles. The molecule has 4 rings (SSSR count). The molecule has 1 aromatic carbocycles. The maximum Gasteiger partial charge on any atom is 0.372 e. The standard InChI is InChI=1S/C24H27FO4/c1-4-6-7-14-9-11-17-16-10-8-13(3)12-18(26)19(16)23-20(22(17)28-14)15(5-2)21(25)24(27)29-23/h9,11,13-14H,4-8,10,12H2,1-3H3. The number of rotatable bonds is 4. The molecular formula is C24H27FO4. The van der Waals surface area contributed by atoms with Crippen LogP contribution in [0, 0.1) is 11.7 Å². The number of hydrogen-bond donors (Lipinski definition) is 0. The van der Waals surface area contributed by atoms with Gasteiger partial charge in [0.25, 0.3) is 0 Å². The summed E-state index contributed by atoms with van der Waals surface area (Å²) in [5, 5.41) is 0.451. The fourth-order valence-corrected chi connectivity index (χ4v) is 4.57. The van der Waals surface area contributed by atoms with Crippen LogP contribution in [0.4, 0.5) is 4.39 Å². The van der Waals surface area contributed by atoms with E-state index >= 15 is 0 Å². The quantitative estimate of drug-likeness (QED) is 0.496. The topological polar surface area (TPSA) is 56.5 Å². The largest absolute Gasteiger partial charge is 0.485 e. The number of unbranched alkanes of at least 4 members (excludes halogenated alkanes) is 1. The summed E-state index contributed by atoms with van der Waals surface area (Å²) in [7, 11) is 0.